The quantitative estimate of drug-likeness (QED) is 0.908. The summed E-state index contributed by atoms with van der Waals surface area (Å²) in [4.78, 5) is 26.0. The maximum Gasteiger partial charge on any atom is 0.227 e. The Kier molecular flexibility index (Phi) is 5.16. The molecule has 1 atom stereocenters. The standard InChI is InChI=1S/C19H19ClN2O2/c20-16-6-8-17(9-7-16)22-13-15(11-19(22)24)12-21-18(23)10-14-4-2-1-3-5-14/h1-9,15H,10-13H2,(H,21,23)/t15-/m0/s1. The highest BCUT2D eigenvalue weighted by molar-refractivity contribution is 6.30. The largest absolute Gasteiger partial charge is 0.355 e. The van der Waals surface area contributed by atoms with Crippen molar-refractivity contribution < 1.29 is 9.59 Å². The SMILES string of the molecule is O=C(Cc1ccccc1)NC[C@@H]1CC(=O)N(c2ccc(Cl)cc2)C1. The zero-order valence-electron chi connectivity index (χ0n) is 13.2. The van der Waals surface area contributed by atoms with Gasteiger partial charge in [-0.1, -0.05) is 41.9 Å². The molecule has 1 heterocycles. The summed E-state index contributed by atoms with van der Waals surface area (Å²) in [7, 11) is 0. The van der Waals surface area contributed by atoms with Crippen LogP contribution in [-0.4, -0.2) is 24.9 Å². The fraction of sp³-hybridized carbons (Fsp3) is 0.263. The molecular weight excluding hydrogens is 324 g/mol. The maximum absolute atomic E-state index is 12.2. The first-order chi connectivity index (χ1) is 11.6. The Morgan fingerprint density at radius 2 is 1.83 bits per heavy atom. The summed E-state index contributed by atoms with van der Waals surface area (Å²) in [6.07, 6.45) is 0.816. The number of benzene rings is 2. The van der Waals surface area contributed by atoms with Crippen molar-refractivity contribution in [2.24, 2.45) is 5.92 Å². The van der Waals surface area contributed by atoms with E-state index >= 15 is 0 Å². The smallest absolute Gasteiger partial charge is 0.227 e. The average Bonchev–Trinajstić information content (AvgIpc) is 2.95. The molecule has 2 amide bonds. The van der Waals surface area contributed by atoms with E-state index in [0.717, 1.165) is 11.3 Å². The van der Waals surface area contributed by atoms with Gasteiger partial charge in [0.2, 0.25) is 11.8 Å². The third-order valence-corrected chi connectivity index (χ3v) is 4.39. The maximum atomic E-state index is 12.2. The summed E-state index contributed by atoms with van der Waals surface area (Å²) in [5.74, 6) is 0.200. The highest BCUT2D eigenvalue weighted by atomic mass is 35.5. The predicted octanol–water partition coefficient (Wildman–Crippen LogP) is 3.05. The number of carbonyl (C=O) groups is 2. The van der Waals surface area contributed by atoms with Crippen molar-refractivity contribution in [3.05, 3.63) is 65.2 Å². The van der Waals surface area contributed by atoms with Gasteiger partial charge >= 0.3 is 0 Å². The third-order valence-electron chi connectivity index (χ3n) is 4.14. The Hall–Kier alpha value is -2.33. The summed E-state index contributed by atoms with van der Waals surface area (Å²) >= 11 is 5.88. The Balaban J connectivity index is 1.51. The van der Waals surface area contributed by atoms with Crippen molar-refractivity contribution in [2.75, 3.05) is 18.0 Å². The van der Waals surface area contributed by atoms with Crippen molar-refractivity contribution in [1.82, 2.24) is 5.32 Å². The molecular formula is C19H19ClN2O2. The first kappa shape index (κ1) is 16.5. The van der Waals surface area contributed by atoms with Gasteiger partial charge in [0.25, 0.3) is 0 Å². The Labute approximate surface area is 146 Å². The zero-order chi connectivity index (χ0) is 16.9. The summed E-state index contributed by atoms with van der Waals surface area (Å²) < 4.78 is 0. The van der Waals surface area contributed by atoms with Gasteiger partial charge in [0, 0.05) is 36.1 Å². The van der Waals surface area contributed by atoms with Gasteiger partial charge in [-0.15, -0.1) is 0 Å². The minimum Gasteiger partial charge on any atom is -0.355 e. The highest BCUT2D eigenvalue weighted by Crippen LogP contribution is 2.25. The second-order valence-corrected chi connectivity index (χ2v) is 6.45. The van der Waals surface area contributed by atoms with Crippen molar-refractivity contribution in [3.8, 4) is 0 Å². The Morgan fingerprint density at radius 1 is 1.12 bits per heavy atom. The first-order valence-corrected chi connectivity index (χ1v) is 8.36. The summed E-state index contributed by atoms with van der Waals surface area (Å²) in [6, 6.07) is 16.9. The number of nitrogens with one attached hydrogen (secondary N) is 1. The van der Waals surface area contributed by atoms with Crippen molar-refractivity contribution in [3.63, 3.8) is 0 Å². The molecule has 124 valence electrons. The molecule has 5 heteroatoms. The molecule has 0 aliphatic carbocycles. The molecule has 3 rings (SSSR count). The van der Waals surface area contributed by atoms with Gasteiger partial charge in [-0.3, -0.25) is 9.59 Å². The molecule has 0 unspecified atom stereocenters. The molecule has 0 aromatic heterocycles. The number of amides is 2. The topological polar surface area (TPSA) is 49.4 Å². The number of hydrogen-bond acceptors (Lipinski definition) is 2. The van der Waals surface area contributed by atoms with Crippen LogP contribution >= 0.6 is 11.6 Å². The number of halogens is 1. The van der Waals surface area contributed by atoms with Gasteiger partial charge in [0.05, 0.1) is 6.42 Å². The van der Waals surface area contributed by atoms with Crippen LogP contribution in [-0.2, 0) is 16.0 Å². The Bertz CT molecular complexity index is 716. The number of nitrogens with zero attached hydrogens (tertiary/aromatic N) is 1. The van der Waals surface area contributed by atoms with Crippen molar-refractivity contribution >= 4 is 29.1 Å². The number of anilines is 1. The fourth-order valence-corrected chi connectivity index (χ4v) is 3.02. The van der Waals surface area contributed by atoms with E-state index in [4.69, 9.17) is 11.6 Å². The lowest BCUT2D eigenvalue weighted by atomic mass is 10.1. The molecule has 1 N–H and O–H groups in total. The van der Waals surface area contributed by atoms with E-state index in [9.17, 15) is 9.59 Å². The molecule has 24 heavy (non-hydrogen) atoms. The second kappa shape index (κ2) is 7.49. The monoisotopic (exact) mass is 342 g/mol. The lowest BCUT2D eigenvalue weighted by Crippen LogP contribution is -2.32. The van der Waals surface area contributed by atoms with Gasteiger partial charge in [-0.2, -0.15) is 0 Å². The van der Waals surface area contributed by atoms with Gasteiger partial charge in [-0.25, -0.2) is 0 Å². The van der Waals surface area contributed by atoms with Gasteiger partial charge in [0.1, 0.15) is 0 Å². The van der Waals surface area contributed by atoms with Gasteiger partial charge in [-0.05, 0) is 29.8 Å². The molecule has 1 aliphatic heterocycles. The molecule has 0 radical (unpaired) electrons. The van der Waals surface area contributed by atoms with E-state index in [1.807, 2.05) is 42.5 Å². The molecule has 0 bridgehead atoms. The van der Waals surface area contributed by atoms with E-state index in [1.165, 1.54) is 0 Å². The molecule has 0 spiro atoms. The molecule has 4 nitrogen and oxygen atoms in total. The van der Waals surface area contributed by atoms with Crippen LogP contribution in [0.25, 0.3) is 0 Å². The van der Waals surface area contributed by atoms with Crippen LogP contribution in [0.15, 0.2) is 54.6 Å². The van der Waals surface area contributed by atoms with Gasteiger partial charge < -0.3 is 10.2 Å². The number of hydrogen-bond donors (Lipinski definition) is 1. The minimum absolute atomic E-state index is 0.0152. The lowest BCUT2D eigenvalue weighted by Gasteiger charge is -2.17. The van der Waals surface area contributed by atoms with E-state index in [2.05, 4.69) is 5.32 Å². The molecule has 2 aromatic rings. The van der Waals surface area contributed by atoms with E-state index in [1.54, 1.807) is 17.0 Å². The van der Waals surface area contributed by atoms with Crippen LogP contribution in [0.4, 0.5) is 5.69 Å². The lowest BCUT2D eigenvalue weighted by molar-refractivity contribution is -0.121. The van der Waals surface area contributed by atoms with E-state index < -0.39 is 0 Å². The molecule has 1 saturated heterocycles. The molecule has 2 aromatic carbocycles. The van der Waals surface area contributed by atoms with Crippen molar-refractivity contribution in [1.29, 1.82) is 0 Å². The molecule has 1 fully saturated rings. The van der Waals surface area contributed by atoms with E-state index in [0.29, 0.717) is 31.0 Å². The number of carbonyl (C=O) groups excluding carboxylic acids is 2. The van der Waals surface area contributed by atoms with Crippen LogP contribution in [0.2, 0.25) is 5.02 Å². The summed E-state index contributed by atoms with van der Waals surface area (Å²) in [6.45, 7) is 1.13. The van der Waals surface area contributed by atoms with Crippen LogP contribution < -0.4 is 10.2 Å². The van der Waals surface area contributed by atoms with Gasteiger partial charge in [0.15, 0.2) is 0 Å². The first-order valence-electron chi connectivity index (χ1n) is 7.98. The summed E-state index contributed by atoms with van der Waals surface area (Å²) in [5.41, 5.74) is 1.84. The number of rotatable bonds is 5. The average molecular weight is 343 g/mol. The van der Waals surface area contributed by atoms with Crippen LogP contribution in [0.5, 0.6) is 0 Å². The fourth-order valence-electron chi connectivity index (χ4n) is 2.89. The van der Waals surface area contributed by atoms with Crippen LogP contribution in [0.1, 0.15) is 12.0 Å². The molecule has 0 saturated carbocycles. The second-order valence-electron chi connectivity index (χ2n) is 6.02. The predicted molar refractivity (Wildman–Crippen MR) is 95.1 cm³/mol. The normalized spacial score (nSPS) is 17.1. The minimum atomic E-state index is -0.0152. The highest BCUT2D eigenvalue weighted by Gasteiger charge is 2.30. The third kappa shape index (κ3) is 4.15. The van der Waals surface area contributed by atoms with Crippen LogP contribution in [0.3, 0.4) is 0 Å². The zero-order valence-corrected chi connectivity index (χ0v) is 14.0. The van der Waals surface area contributed by atoms with E-state index in [-0.39, 0.29) is 17.7 Å². The molecule has 1 aliphatic rings. The summed E-state index contributed by atoms with van der Waals surface area (Å²) in [5, 5.41) is 3.58. The Morgan fingerprint density at radius 3 is 2.54 bits per heavy atom. The van der Waals surface area contributed by atoms with Crippen LogP contribution in [0, 0.1) is 5.92 Å². The van der Waals surface area contributed by atoms with Crippen molar-refractivity contribution in [2.45, 2.75) is 12.8 Å².